The first-order valence-corrected chi connectivity index (χ1v) is 31.6. The highest BCUT2D eigenvalue weighted by Gasteiger charge is 2.38. The van der Waals surface area contributed by atoms with E-state index in [9.17, 15) is 31.4 Å². The van der Waals surface area contributed by atoms with Crippen molar-refractivity contribution >= 4 is 46.3 Å². The van der Waals surface area contributed by atoms with Crippen molar-refractivity contribution in [2.75, 3.05) is 6.66 Å². The van der Waals surface area contributed by atoms with Gasteiger partial charge in [-0.1, -0.05) is 68.9 Å². The third-order valence-electron chi connectivity index (χ3n) is 8.53. The van der Waals surface area contributed by atoms with E-state index < -0.39 is 50.0 Å². The van der Waals surface area contributed by atoms with E-state index in [0.717, 1.165) is 5.70 Å². The normalized spacial score (nSPS) is 16.3. The van der Waals surface area contributed by atoms with Crippen LogP contribution >= 0.6 is 14.8 Å². The molecule has 0 radical (unpaired) electrons. The highest BCUT2D eigenvalue weighted by molar-refractivity contribution is 7.99. The molecule has 0 aromatic rings. The lowest BCUT2D eigenvalue weighted by Gasteiger charge is -2.34. The molecule has 3 atom stereocenters. The molecule has 0 bridgehead atoms. The summed E-state index contributed by atoms with van der Waals surface area (Å²) in [7, 11) is -10.9. The summed E-state index contributed by atoms with van der Waals surface area (Å²) in [6, 6.07) is 0. The molecule has 0 spiro atoms. The maximum Gasteiger partial charge on any atom is 0.272 e. The Kier molecular flexibility index (Phi) is 30.9. The first-order chi connectivity index (χ1) is 29.1. The molecule has 0 aromatic carbocycles. The Morgan fingerprint density at radius 2 is 0.729 bits per heavy atom. The van der Waals surface area contributed by atoms with E-state index in [1.54, 1.807) is 41.5 Å². The zero-order valence-electron chi connectivity index (χ0n) is 53.0. The van der Waals surface area contributed by atoms with Crippen LogP contribution in [-0.2, 0) is 33.7 Å². The minimum absolute atomic E-state index is 0.0719. The number of rotatable bonds is 5. The van der Waals surface area contributed by atoms with Gasteiger partial charge >= 0.3 is 0 Å². The predicted molar refractivity (Wildman–Crippen MR) is 317 cm³/mol. The predicted octanol–water partition coefficient (Wildman–Crippen LogP) is 13.6. The standard InChI is InChI=1S/C10H21N.C9H22NOP.C9H21NOS.C9H19NO.C8H20NO2P.C8H19NO2S/c1-8(9(2,3)4)11-10(5,6)7;2*1-8(2,3)10-12(7,11)9(4,5)6;1-8(2,3)7(11)10-9(4,5)6;2*1-7(2,3)9-12(10,11)8(4,5)6/h11H,1H2,2-7H3;1-7H3,(H,10,11);7H2,1-6H3,(H,10,11);1-6H3,(H,10,11);1-6H3,(H2,9,10,11);9H,1-6H3. The van der Waals surface area contributed by atoms with Crippen LogP contribution in [0.2, 0.25) is 0 Å². The molecule has 7 N–H and O–H groups in total. The molecule has 0 aliphatic heterocycles. The van der Waals surface area contributed by atoms with Gasteiger partial charge in [0, 0.05) is 76.0 Å². The first kappa shape index (κ1) is 80.6. The Balaban J connectivity index is -0.000000176. The average molecular weight is 1080 g/mol. The summed E-state index contributed by atoms with van der Waals surface area (Å²) in [5.41, 5.74) is 0.0489. The molecule has 70 heavy (non-hydrogen) atoms. The molecule has 0 heterocycles. The van der Waals surface area contributed by atoms with Crippen molar-refractivity contribution < 1.29 is 31.4 Å². The monoisotopic (exact) mass is 1080 g/mol. The number of carbonyl (C=O) groups excluding carboxylic acids is 1. The summed E-state index contributed by atoms with van der Waals surface area (Å²) in [6.07, 6.45) is 0. The van der Waals surface area contributed by atoms with Crippen LogP contribution in [0.3, 0.4) is 0 Å². The molecule has 0 aliphatic rings. The second-order valence-corrected chi connectivity index (χ2v) is 42.1. The molecule has 3 unspecified atom stereocenters. The van der Waals surface area contributed by atoms with Gasteiger partial charge in [-0.05, 0) is 193 Å². The summed E-state index contributed by atoms with van der Waals surface area (Å²) in [4.78, 5) is 21.0. The highest BCUT2D eigenvalue weighted by atomic mass is 32.2. The number of sulfonamides is 1. The number of nitrogens with one attached hydrogen (secondary N) is 6. The molecule has 13 nitrogen and oxygen atoms in total. The lowest BCUT2D eigenvalue weighted by molar-refractivity contribution is -0.130. The van der Waals surface area contributed by atoms with E-state index in [-0.39, 0.29) is 54.3 Å². The van der Waals surface area contributed by atoms with Gasteiger partial charge in [-0.15, -0.1) is 0 Å². The largest absolute Gasteiger partial charge is 0.384 e. The second kappa shape index (κ2) is 26.8. The fourth-order valence-electron chi connectivity index (χ4n) is 3.80. The number of hydrogen-bond acceptors (Lipinski definition) is 7. The SMILES string of the molecule is C=C(NC(C)(C)C)C(C)(C)C.C=S(=O)(NC(C)(C)C)C(C)(C)C.CC(C)(C)NC(=O)C(C)(C)C.CC(C)(C)NP(=O)(O)C(C)(C)C.CC(C)(C)NP(C)(=O)C(C)(C)C.CC(C)(C)NS(=O)(=O)C(C)(C)C. The number of hydrogen-bond donors (Lipinski definition) is 7. The summed E-state index contributed by atoms with van der Waals surface area (Å²) in [5, 5.41) is 11.5. The Morgan fingerprint density at radius 1 is 0.429 bits per heavy atom. The van der Waals surface area contributed by atoms with E-state index in [2.05, 4.69) is 84.2 Å². The Hall–Kier alpha value is -0.760. The van der Waals surface area contributed by atoms with Crippen LogP contribution in [0.1, 0.15) is 249 Å². The van der Waals surface area contributed by atoms with Crippen LogP contribution in [0.4, 0.5) is 0 Å². The van der Waals surface area contributed by atoms with Crippen molar-refractivity contribution in [3.05, 3.63) is 12.3 Å². The van der Waals surface area contributed by atoms with Crippen LogP contribution in [0.5, 0.6) is 0 Å². The number of allylic oxidation sites excluding steroid dienone is 1. The van der Waals surface area contributed by atoms with Gasteiger partial charge in [-0.3, -0.25) is 18.7 Å². The van der Waals surface area contributed by atoms with Crippen molar-refractivity contribution in [3.63, 3.8) is 0 Å². The zero-order valence-corrected chi connectivity index (χ0v) is 56.4. The maximum atomic E-state index is 12.1. The first-order valence-electron chi connectivity index (χ1n) is 24.6. The lowest BCUT2D eigenvalue weighted by Crippen LogP contribution is -2.48. The third-order valence-corrected chi connectivity index (χ3v) is 20.4. The summed E-state index contributed by atoms with van der Waals surface area (Å²) < 4.78 is 63.6. The van der Waals surface area contributed by atoms with Gasteiger partial charge in [0.05, 0.1) is 9.90 Å². The lowest BCUT2D eigenvalue weighted by atomic mass is 9.91. The van der Waals surface area contributed by atoms with Crippen molar-refractivity contribution in [1.29, 1.82) is 0 Å². The van der Waals surface area contributed by atoms with Crippen molar-refractivity contribution in [3.8, 4) is 0 Å². The van der Waals surface area contributed by atoms with E-state index in [1.807, 2.05) is 173 Å². The molecule has 17 heteroatoms. The molecule has 0 saturated carbocycles. The molecule has 0 rings (SSSR count). The van der Waals surface area contributed by atoms with Gasteiger partial charge in [0.2, 0.25) is 15.9 Å². The Morgan fingerprint density at radius 3 is 0.814 bits per heavy atom. The van der Waals surface area contributed by atoms with Crippen LogP contribution in [0.15, 0.2) is 12.3 Å². The second-order valence-electron chi connectivity index (χ2n) is 30.7. The third kappa shape index (κ3) is 44.7. The van der Waals surface area contributed by atoms with E-state index in [0.29, 0.717) is 0 Å². The Bertz CT molecular complexity index is 1760. The van der Waals surface area contributed by atoms with Crippen molar-refractivity contribution in [1.82, 2.24) is 30.3 Å². The van der Waals surface area contributed by atoms with Gasteiger partial charge in [0.15, 0.2) is 0 Å². The fraction of sp³-hybridized carbons (Fsp3) is 0.925. The molecule has 0 aliphatic carbocycles. The van der Waals surface area contributed by atoms with Gasteiger partial charge in [0.1, 0.15) is 7.29 Å². The molecule has 0 saturated heterocycles. The fourth-order valence-corrected chi connectivity index (χ4v) is 9.07. The maximum absolute atomic E-state index is 12.1. The Labute approximate surface area is 438 Å². The smallest absolute Gasteiger partial charge is 0.272 e. The van der Waals surface area contributed by atoms with Crippen molar-refractivity contribution in [2.24, 2.45) is 10.8 Å². The molecule has 0 fully saturated rings. The van der Waals surface area contributed by atoms with Gasteiger partial charge in [0.25, 0.3) is 7.52 Å². The van der Waals surface area contributed by atoms with Gasteiger partial charge < -0.3 is 20.1 Å². The van der Waals surface area contributed by atoms with Crippen LogP contribution in [-0.4, -0.2) is 89.0 Å². The van der Waals surface area contributed by atoms with Crippen LogP contribution in [0, 0.1) is 10.8 Å². The number of carbonyl (C=O) groups is 1. The molecular formula is C53H122N6O7P2S2. The molecular weight excluding hydrogens is 959 g/mol. The van der Waals surface area contributed by atoms with E-state index in [1.165, 1.54) is 0 Å². The van der Waals surface area contributed by atoms with Gasteiger partial charge in [-0.2, -0.15) is 0 Å². The highest BCUT2D eigenvalue weighted by Crippen LogP contribution is 2.52. The van der Waals surface area contributed by atoms with Crippen molar-refractivity contribution in [2.45, 2.75) is 302 Å². The summed E-state index contributed by atoms with van der Waals surface area (Å²) in [6.45, 7) is 75.7. The van der Waals surface area contributed by atoms with Crippen LogP contribution < -0.4 is 30.3 Å². The zero-order chi connectivity index (χ0) is 59.4. The quantitative estimate of drug-likeness (QED) is 0.103. The molecule has 1 amide bonds. The topological polar surface area (TPSA) is 195 Å². The van der Waals surface area contributed by atoms with Crippen LogP contribution in [0.25, 0.3) is 0 Å². The summed E-state index contributed by atoms with van der Waals surface area (Å²) in [5.74, 6) is 3.85. The number of amides is 1. The minimum Gasteiger partial charge on any atom is -0.384 e. The minimum atomic E-state index is -3.25. The molecule has 0 aromatic heterocycles. The molecule has 428 valence electrons. The summed E-state index contributed by atoms with van der Waals surface area (Å²) >= 11 is 0. The van der Waals surface area contributed by atoms with E-state index >= 15 is 0 Å². The van der Waals surface area contributed by atoms with E-state index in [4.69, 9.17) is 0 Å². The van der Waals surface area contributed by atoms with Gasteiger partial charge in [-0.25, -0.2) is 22.9 Å². The average Bonchev–Trinajstić information content (AvgIpc) is 2.88.